The van der Waals surface area contributed by atoms with Gasteiger partial charge >= 0.3 is 6.18 Å². The molecule has 0 bridgehead atoms. The van der Waals surface area contributed by atoms with Gasteiger partial charge in [0.25, 0.3) is 0 Å². The summed E-state index contributed by atoms with van der Waals surface area (Å²) < 4.78 is 38.0. The lowest BCUT2D eigenvalue weighted by Crippen LogP contribution is -2.28. The molecule has 0 N–H and O–H groups in total. The van der Waals surface area contributed by atoms with Gasteiger partial charge in [-0.05, 0) is 18.4 Å². The van der Waals surface area contributed by atoms with Crippen LogP contribution in [0.4, 0.5) is 13.2 Å². The van der Waals surface area contributed by atoms with Crippen molar-refractivity contribution in [3.05, 3.63) is 59.7 Å². The third kappa shape index (κ3) is 3.92. The molecule has 1 aliphatic rings. The van der Waals surface area contributed by atoms with Crippen LogP contribution in [0.2, 0.25) is 0 Å². The van der Waals surface area contributed by atoms with Gasteiger partial charge in [0.1, 0.15) is 0 Å². The lowest BCUT2D eigenvalue weighted by atomic mass is 9.75. The van der Waals surface area contributed by atoms with Crippen molar-refractivity contribution in [1.29, 1.82) is 0 Å². The molecule has 2 rings (SSSR count). The van der Waals surface area contributed by atoms with Crippen molar-refractivity contribution in [3.63, 3.8) is 0 Å². The summed E-state index contributed by atoms with van der Waals surface area (Å²) in [6, 6.07) is 9.43. The second-order valence-corrected chi connectivity index (χ2v) is 5.13. The molecule has 0 aliphatic heterocycles. The molecule has 1 aliphatic carbocycles. The van der Waals surface area contributed by atoms with Gasteiger partial charge in [0.15, 0.2) is 0 Å². The van der Waals surface area contributed by atoms with Crippen LogP contribution >= 0.6 is 0 Å². The molecule has 110 valence electrons. The highest BCUT2D eigenvalue weighted by atomic mass is 19.4. The molecule has 5 heteroatoms. The first-order valence-corrected chi connectivity index (χ1v) is 6.49. The topological polar surface area (TPSA) is 29.4 Å². The average molecular weight is 293 g/mol. The largest absolute Gasteiger partial charge is 0.416 e. The summed E-state index contributed by atoms with van der Waals surface area (Å²) in [6.07, 6.45) is 1.60. The van der Waals surface area contributed by atoms with Crippen molar-refractivity contribution in [2.24, 2.45) is 10.4 Å². The predicted molar refractivity (Wildman–Crippen MR) is 73.5 cm³/mol. The lowest BCUT2D eigenvalue weighted by molar-refractivity contribution is -0.0889. The van der Waals surface area contributed by atoms with E-state index in [0.29, 0.717) is 6.42 Å². The van der Waals surface area contributed by atoms with Crippen LogP contribution in [-0.2, 0) is 11.2 Å². The molecule has 21 heavy (non-hydrogen) atoms. The number of hydrogen-bond donors (Lipinski definition) is 0. The Kier molecular flexibility index (Phi) is 4.43. The van der Waals surface area contributed by atoms with Crippen molar-refractivity contribution >= 4 is 6.08 Å². The van der Waals surface area contributed by atoms with E-state index in [1.54, 1.807) is 0 Å². The normalized spacial score (nSPS) is 21.6. The number of aliphatic imine (C=N–C) groups is 1. The molecule has 1 aromatic rings. The minimum absolute atomic E-state index is 0.129. The summed E-state index contributed by atoms with van der Waals surface area (Å²) in [5.41, 5.74) is -0.263. The summed E-state index contributed by atoms with van der Waals surface area (Å²) in [6.45, 7) is 0.129. The first-order chi connectivity index (χ1) is 9.95. The molecular formula is C16H14F3NO. The lowest BCUT2D eigenvalue weighted by Gasteiger charge is -2.31. The molecule has 0 radical (unpaired) electrons. The molecule has 0 aromatic heterocycles. The molecule has 0 saturated heterocycles. The number of halogens is 3. The Bertz CT molecular complexity index is 598. The summed E-state index contributed by atoms with van der Waals surface area (Å²) in [5, 5.41) is 0. The molecule has 1 unspecified atom stereocenters. The van der Waals surface area contributed by atoms with Crippen LogP contribution in [0, 0.1) is 5.41 Å². The maximum Gasteiger partial charge on any atom is 0.416 e. The van der Waals surface area contributed by atoms with E-state index in [1.807, 2.05) is 30.3 Å². The number of benzene rings is 1. The summed E-state index contributed by atoms with van der Waals surface area (Å²) in [5.74, 6) is 0. The van der Waals surface area contributed by atoms with Crippen LogP contribution in [0.15, 0.2) is 59.1 Å². The van der Waals surface area contributed by atoms with Crippen LogP contribution in [0.1, 0.15) is 12.0 Å². The predicted octanol–water partition coefficient (Wildman–Crippen LogP) is 4.00. The Morgan fingerprint density at radius 1 is 1.24 bits per heavy atom. The summed E-state index contributed by atoms with van der Waals surface area (Å²) in [4.78, 5) is 13.9. The van der Waals surface area contributed by atoms with Crippen molar-refractivity contribution in [3.8, 4) is 0 Å². The highest BCUT2D eigenvalue weighted by molar-refractivity contribution is 5.36. The van der Waals surface area contributed by atoms with Gasteiger partial charge < -0.3 is 0 Å². The monoisotopic (exact) mass is 293 g/mol. The third-order valence-corrected chi connectivity index (χ3v) is 3.53. The average Bonchev–Trinajstić information content (AvgIpc) is 2.46. The number of hydrogen-bond acceptors (Lipinski definition) is 2. The fraction of sp³-hybridized carbons (Fsp3) is 0.312. The Balaban J connectivity index is 2.23. The van der Waals surface area contributed by atoms with Crippen LogP contribution in [-0.4, -0.2) is 18.8 Å². The number of allylic oxidation sites excluding steroid dienone is 3. The van der Waals surface area contributed by atoms with Crippen molar-refractivity contribution in [2.45, 2.75) is 19.0 Å². The van der Waals surface area contributed by atoms with Crippen LogP contribution < -0.4 is 0 Å². The van der Waals surface area contributed by atoms with E-state index in [4.69, 9.17) is 0 Å². The summed E-state index contributed by atoms with van der Waals surface area (Å²) >= 11 is 0. The smallest absolute Gasteiger partial charge is 0.211 e. The second kappa shape index (κ2) is 6.10. The van der Waals surface area contributed by atoms with E-state index in [0.717, 1.165) is 11.6 Å². The highest BCUT2D eigenvalue weighted by Gasteiger charge is 2.37. The van der Waals surface area contributed by atoms with E-state index in [9.17, 15) is 18.0 Å². The third-order valence-electron chi connectivity index (χ3n) is 3.53. The minimum Gasteiger partial charge on any atom is -0.211 e. The second-order valence-electron chi connectivity index (χ2n) is 5.13. The van der Waals surface area contributed by atoms with Gasteiger partial charge in [-0.1, -0.05) is 48.6 Å². The van der Waals surface area contributed by atoms with E-state index in [-0.39, 0.29) is 13.0 Å². The maximum atomic E-state index is 12.7. The van der Waals surface area contributed by atoms with Crippen LogP contribution in [0.25, 0.3) is 0 Å². The zero-order chi connectivity index (χ0) is 15.3. The molecule has 1 aromatic carbocycles. The molecule has 0 fully saturated rings. The first-order valence-electron chi connectivity index (χ1n) is 6.49. The molecule has 2 nitrogen and oxygen atoms in total. The van der Waals surface area contributed by atoms with Gasteiger partial charge in [0, 0.05) is 5.41 Å². The van der Waals surface area contributed by atoms with Gasteiger partial charge in [-0.2, -0.15) is 13.2 Å². The van der Waals surface area contributed by atoms with E-state index in [1.165, 1.54) is 18.2 Å². The SMILES string of the molecule is O=C=NCC1(Cc2ccccc2)C=CC(C(F)(F)F)=CC1. The van der Waals surface area contributed by atoms with E-state index in [2.05, 4.69) is 4.99 Å². The van der Waals surface area contributed by atoms with E-state index < -0.39 is 17.2 Å². The number of nitrogens with zero attached hydrogens (tertiary/aromatic N) is 1. The van der Waals surface area contributed by atoms with Crippen molar-refractivity contribution in [2.75, 3.05) is 6.54 Å². The molecule has 1 atom stereocenters. The molecule has 0 saturated carbocycles. The Labute approximate surface area is 120 Å². The van der Waals surface area contributed by atoms with Crippen molar-refractivity contribution < 1.29 is 18.0 Å². The zero-order valence-corrected chi connectivity index (χ0v) is 11.2. The van der Waals surface area contributed by atoms with Gasteiger partial charge in [0.2, 0.25) is 6.08 Å². The van der Waals surface area contributed by atoms with Crippen LogP contribution in [0.3, 0.4) is 0 Å². The molecule has 0 spiro atoms. The quantitative estimate of drug-likeness (QED) is 0.609. The van der Waals surface area contributed by atoms with Crippen molar-refractivity contribution in [1.82, 2.24) is 0 Å². The van der Waals surface area contributed by atoms with Crippen LogP contribution in [0.5, 0.6) is 0 Å². The summed E-state index contributed by atoms with van der Waals surface area (Å²) in [7, 11) is 0. The Hall–Kier alpha value is -2.13. The number of carbonyl (C=O) groups excluding carboxylic acids is 1. The Morgan fingerprint density at radius 2 is 1.95 bits per heavy atom. The number of rotatable bonds is 4. The number of alkyl halides is 3. The molecule has 0 amide bonds. The number of isocyanates is 1. The minimum atomic E-state index is -4.34. The Morgan fingerprint density at radius 3 is 2.48 bits per heavy atom. The maximum absolute atomic E-state index is 12.7. The highest BCUT2D eigenvalue weighted by Crippen LogP contribution is 2.38. The molecular weight excluding hydrogens is 279 g/mol. The van der Waals surface area contributed by atoms with Gasteiger partial charge in [0.05, 0.1) is 12.1 Å². The van der Waals surface area contributed by atoms with Gasteiger partial charge in [-0.25, -0.2) is 9.79 Å². The fourth-order valence-corrected chi connectivity index (χ4v) is 2.42. The standard InChI is InChI=1S/C16H14F3NO/c17-16(18,19)14-6-8-15(9-7-14,11-20-12-21)10-13-4-2-1-3-5-13/h1-8H,9-11H2. The van der Waals surface area contributed by atoms with Gasteiger partial charge in [-0.3, -0.25) is 0 Å². The molecule has 0 heterocycles. The van der Waals surface area contributed by atoms with Gasteiger partial charge in [-0.15, -0.1) is 0 Å². The zero-order valence-electron chi connectivity index (χ0n) is 11.2. The van der Waals surface area contributed by atoms with E-state index >= 15 is 0 Å². The fourth-order valence-electron chi connectivity index (χ4n) is 2.42. The first kappa shape index (κ1) is 15.3.